The van der Waals surface area contributed by atoms with Gasteiger partial charge in [-0.3, -0.25) is 9.59 Å². The first-order valence-corrected chi connectivity index (χ1v) is 6.74. The van der Waals surface area contributed by atoms with Gasteiger partial charge in [0, 0.05) is 18.7 Å². The van der Waals surface area contributed by atoms with Gasteiger partial charge in [0.2, 0.25) is 5.91 Å². The van der Waals surface area contributed by atoms with Crippen molar-refractivity contribution >= 4 is 11.8 Å². The lowest BCUT2D eigenvalue weighted by atomic mass is 10.0. The summed E-state index contributed by atoms with van der Waals surface area (Å²) in [6.45, 7) is 1.06. The molecular formula is C14H17F2N3O2. The number of nitrogens with one attached hydrogen (secondary N) is 1. The highest BCUT2D eigenvalue weighted by molar-refractivity contribution is 5.96. The number of rotatable bonds is 4. The largest absolute Gasteiger partial charge is 0.368 e. The maximum absolute atomic E-state index is 13.7. The first-order valence-electron chi connectivity index (χ1n) is 6.74. The smallest absolute Gasteiger partial charge is 0.257 e. The fraction of sp³-hybridized carbons (Fsp3) is 0.429. The summed E-state index contributed by atoms with van der Waals surface area (Å²) in [4.78, 5) is 24.9. The zero-order valence-corrected chi connectivity index (χ0v) is 11.4. The molecule has 1 heterocycles. The number of nitrogens with zero attached hydrogens (tertiary/aromatic N) is 1. The third-order valence-electron chi connectivity index (χ3n) is 3.46. The van der Waals surface area contributed by atoms with Crippen molar-refractivity contribution in [2.75, 3.05) is 19.6 Å². The number of halogens is 2. The first kappa shape index (κ1) is 15.4. The summed E-state index contributed by atoms with van der Waals surface area (Å²) < 4.78 is 26.7. The average Bonchev–Trinajstić information content (AvgIpc) is 2.45. The van der Waals surface area contributed by atoms with E-state index in [0.717, 1.165) is 25.1 Å². The summed E-state index contributed by atoms with van der Waals surface area (Å²) in [5.41, 5.74) is 4.91. The number of nitrogens with two attached hydrogens (primary N) is 1. The van der Waals surface area contributed by atoms with Gasteiger partial charge in [0.15, 0.2) is 0 Å². The Morgan fingerprint density at radius 1 is 1.38 bits per heavy atom. The average molecular weight is 297 g/mol. The maximum atomic E-state index is 13.7. The highest BCUT2D eigenvalue weighted by Gasteiger charge is 2.29. The lowest BCUT2D eigenvalue weighted by Crippen LogP contribution is -2.51. The van der Waals surface area contributed by atoms with Crippen LogP contribution in [0.5, 0.6) is 0 Å². The van der Waals surface area contributed by atoms with Crippen LogP contribution in [0.25, 0.3) is 0 Å². The molecule has 1 aromatic rings. The van der Waals surface area contributed by atoms with E-state index < -0.39 is 23.4 Å². The number of primary amides is 1. The van der Waals surface area contributed by atoms with Crippen LogP contribution in [-0.4, -0.2) is 42.4 Å². The Hall–Kier alpha value is -2.02. The maximum Gasteiger partial charge on any atom is 0.257 e. The Balaban J connectivity index is 2.26. The minimum atomic E-state index is -0.946. The van der Waals surface area contributed by atoms with Crippen LogP contribution >= 0.6 is 0 Å². The molecule has 5 nitrogen and oxygen atoms in total. The van der Waals surface area contributed by atoms with E-state index in [4.69, 9.17) is 5.73 Å². The third kappa shape index (κ3) is 3.75. The number of hydrogen-bond donors (Lipinski definition) is 2. The molecule has 2 rings (SSSR count). The molecule has 7 heteroatoms. The van der Waals surface area contributed by atoms with E-state index in [2.05, 4.69) is 5.32 Å². The predicted molar refractivity (Wildman–Crippen MR) is 72.5 cm³/mol. The lowest BCUT2D eigenvalue weighted by molar-refractivity contribution is -0.119. The van der Waals surface area contributed by atoms with Crippen LogP contribution in [-0.2, 0) is 4.79 Å². The van der Waals surface area contributed by atoms with Gasteiger partial charge in [-0.25, -0.2) is 8.78 Å². The van der Waals surface area contributed by atoms with Crippen molar-refractivity contribution in [2.45, 2.75) is 18.9 Å². The first-order chi connectivity index (χ1) is 9.99. The fourth-order valence-electron chi connectivity index (χ4n) is 2.45. The van der Waals surface area contributed by atoms with Crippen molar-refractivity contribution in [3.63, 3.8) is 0 Å². The van der Waals surface area contributed by atoms with Crippen LogP contribution < -0.4 is 11.1 Å². The molecule has 1 aromatic carbocycles. The van der Waals surface area contributed by atoms with Crippen molar-refractivity contribution in [1.29, 1.82) is 0 Å². The van der Waals surface area contributed by atoms with Crippen LogP contribution in [0.1, 0.15) is 23.2 Å². The molecule has 21 heavy (non-hydrogen) atoms. The van der Waals surface area contributed by atoms with Gasteiger partial charge < -0.3 is 16.0 Å². The number of carbonyl (C=O) groups excluding carboxylic acids is 2. The molecule has 1 aliphatic rings. The molecule has 114 valence electrons. The molecule has 0 radical (unpaired) electrons. The van der Waals surface area contributed by atoms with E-state index in [-0.39, 0.29) is 18.2 Å². The number of carbonyl (C=O) groups is 2. The summed E-state index contributed by atoms with van der Waals surface area (Å²) in [5.74, 6) is -3.03. The molecule has 2 amide bonds. The number of hydrogen-bond acceptors (Lipinski definition) is 3. The van der Waals surface area contributed by atoms with Gasteiger partial charge in [-0.15, -0.1) is 0 Å². The van der Waals surface area contributed by atoms with Crippen LogP contribution in [0.2, 0.25) is 0 Å². The van der Waals surface area contributed by atoms with Gasteiger partial charge in [-0.2, -0.15) is 0 Å². The molecule has 1 saturated heterocycles. The minimum absolute atomic E-state index is 0.233. The van der Waals surface area contributed by atoms with Crippen LogP contribution in [0.15, 0.2) is 18.2 Å². The summed E-state index contributed by atoms with van der Waals surface area (Å²) >= 11 is 0. The molecule has 1 aliphatic heterocycles. The van der Waals surface area contributed by atoms with Gasteiger partial charge in [0.1, 0.15) is 11.6 Å². The topological polar surface area (TPSA) is 75.4 Å². The van der Waals surface area contributed by atoms with Crippen molar-refractivity contribution < 1.29 is 18.4 Å². The zero-order chi connectivity index (χ0) is 15.4. The molecule has 0 saturated carbocycles. The molecule has 0 bridgehead atoms. The second kappa shape index (κ2) is 6.62. The highest BCUT2D eigenvalue weighted by atomic mass is 19.1. The molecule has 0 aromatic heterocycles. The van der Waals surface area contributed by atoms with E-state index in [1.165, 1.54) is 4.90 Å². The van der Waals surface area contributed by atoms with E-state index in [1.54, 1.807) is 0 Å². The summed E-state index contributed by atoms with van der Waals surface area (Å²) in [7, 11) is 0. The fourth-order valence-corrected chi connectivity index (χ4v) is 2.45. The van der Waals surface area contributed by atoms with Gasteiger partial charge in [-0.05, 0) is 31.5 Å². The standard InChI is InChI=1S/C14H17F2N3O2/c15-9-3-4-11(12(16)6-9)14(21)19(8-13(17)20)10-2-1-5-18-7-10/h3-4,6,10,18H,1-2,5,7-8H2,(H2,17,20). The Morgan fingerprint density at radius 3 is 2.71 bits per heavy atom. The Bertz CT molecular complexity index is 545. The van der Waals surface area contributed by atoms with Crippen molar-refractivity contribution in [3.05, 3.63) is 35.4 Å². The highest BCUT2D eigenvalue weighted by Crippen LogP contribution is 2.17. The number of amides is 2. The lowest BCUT2D eigenvalue weighted by Gasteiger charge is -2.34. The molecule has 1 atom stereocenters. The summed E-state index contributed by atoms with van der Waals surface area (Å²) in [5, 5.41) is 3.12. The molecule has 3 N–H and O–H groups in total. The SMILES string of the molecule is NC(=O)CN(C(=O)c1ccc(F)cc1F)C1CCCNC1. The van der Waals surface area contributed by atoms with Crippen LogP contribution in [0.4, 0.5) is 8.78 Å². The third-order valence-corrected chi connectivity index (χ3v) is 3.46. The van der Waals surface area contributed by atoms with Crippen LogP contribution in [0, 0.1) is 11.6 Å². The second-order valence-electron chi connectivity index (χ2n) is 5.02. The van der Waals surface area contributed by atoms with Gasteiger partial charge in [0.25, 0.3) is 5.91 Å². The van der Waals surface area contributed by atoms with E-state index in [9.17, 15) is 18.4 Å². The van der Waals surface area contributed by atoms with Crippen molar-refractivity contribution in [1.82, 2.24) is 10.2 Å². The van der Waals surface area contributed by atoms with E-state index in [1.807, 2.05) is 0 Å². The van der Waals surface area contributed by atoms with Crippen LogP contribution in [0.3, 0.4) is 0 Å². The van der Waals surface area contributed by atoms with Gasteiger partial charge in [0.05, 0.1) is 12.1 Å². The Morgan fingerprint density at radius 2 is 2.14 bits per heavy atom. The molecule has 0 aliphatic carbocycles. The molecule has 1 unspecified atom stereocenters. The normalized spacial score (nSPS) is 18.3. The van der Waals surface area contributed by atoms with Gasteiger partial charge >= 0.3 is 0 Å². The van der Waals surface area contributed by atoms with E-state index in [0.29, 0.717) is 19.0 Å². The van der Waals surface area contributed by atoms with Crippen molar-refractivity contribution in [2.24, 2.45) is 5.73 Å². The monoisotopic (exact) mass is 297 g/mol. The zero-order valence-electron chi connectivity index (χ0n) is 11.4. The van der Waals surface area contributed by atoms with Gasteiger partial charge in [-0.1, -0.05) is 0 Å². The second-order valence-corrected chi connectivity index (χ2v) is 5.02. The Kier molecular flexibility index (Phi) is 4.85. The van der Waals surface area contributed by atoms with E-state index >= 15 is 0 Å². The minimum Gasteiger partial charge on any atom is -0.368 e. The Labute approximate surface area is 121 Å². The summed E-state index contributed by atoms with van der Waals surface area (Å²) in [6, 6.07) is 2.51. The quantitative estimate of drug-likeness (QED) is 0.856. The molecular weight excluding hydrogens is 280 g/mol. The summed E-state index contributed by atoms with van der Waals surface area (Å²) in [6.07, 6.45) is 1.55. The predicted octanol–water partition coefficient (Wildman–Crippen LogP) is 0.644. The molecule has 0 spiro atoms. The molecule has 1 fully saturated rings. The number of piperidine rings is 1. The number of benzene rings is 1. The van der Waals surface area contributed by atoms with Crippen molar-refractivity contribution in [3.8, 4) is 0 Å².